The minimum Gasteiger partial charge on any atom is -0.480 e. The van der Waals surface area contributed by atoms with Crippen molar-refractivity contribution in [1.29, 1.82) is 0 Å². The number of rotatable bonds is 11. The minimum absolute atomic E-state index is 0.224. The fourth-order valence-electron chi connectivity index (χ4n) is 3.13. The highest BCUT2D eigenvalue weighted by Gasteiger charge is 2.26. The van der Waals surface area contributed by atoms with E-state index in [1.807, 2.05) is 31.2 Å². The van der Waals surface area contributed by atoms with Gasteiger partial charge in [0.2, 0.25) is 17.7 Å². The number of carbonyl (C=O) groups is 4. The van der Waals surface area contributed by atoms with Gasteiger partial charge in [-0.1, -0.05) is 38.5 Å². The first kappa shape index (κ1) is 23.9. The number of nitrogens with two attached hydrogens (primary N) is 1. The van der Waals surface area contributed by atoms with Crippen molar-refractivity contribution in [3.63, 3.8) is 0 Å². The number of hydrogen-bond acceptors (Lipinski definition) is 5. The van der Waals surface area contributed by atoms with Crippen molar-refractivity contribution in [2.24, 2.45) is 11.7 Å². The molecule has 2 aromatic rings. The molecule has 0 saturated carbocycles. The van der Waals surface area contributed by atoms with Crippen molar-refractivity contribution >= 4 is 34.6 Å². The van der Waals surface area contributed by atoms with Crippen LogP contribution >= 0.6 is 0 Å². The maximum Gasteiger partial charge on any atom is 0.322 e. The van der Waals surface area contributed by atoms with E-state index in [4.69, 9.17) is 10.8 Å². The average molecular weight is 431 g/mol. The van der Waals surface area contributed by atoms with Crippen LogP contribution in [0.4, 0.5) is 0 Å². The van der Waals surface area contributed by atoms with Crippen LogP contribution in [-0.2, 0) is 25.6 Å². The molecular weight excluding hydrogens is 402 g/mol. The molecule has 0 radical (unpaired) electrons. The number of benzene rings is 1. The van der Waals surface area contributed by atoms with Crippen molar-refractivity contribution in [3.8, 4) is 0 Å². The van der Waals surface area contributed by atoms with Crippen LogP contribution in [0, 0.1) is 5.92 Å². The van der Waals surface area contributed by atoms with E-state index in [9.17, 15) is 19.2 Å². The zero-order valence-electron chi connectivity index (χ0n) is 17.6. The third-order valence-electron chi connectivity index (χ3n) is 5.10. The SMILES string of the molecule is CCC(C)C(NC(=O)CNC(=O)C(N)Cc1c[nH]c2ccccc12)C(=O)NCC(=O)O. The molecule has 1 aromatic heterocycles. The largest absolute Gasteiger partial charge is 0.480 e. The highest BCUT2D eigenvalue weighted by Crippen LogP contribution is 2.18. The number of aromatic amines is 1. The van der Waals surface area contributed by atoms with Gasteiger partial charge in [-0.3, -0.25) is 19.2 Å². The predicted molar refractivity (Wildman–Crippen MR) is 115 cm³/mol. The molecule has 0 spiro atoms. The number of carbonyl (C=O) groups excluding carboxylic acids is 3. The lowest BCUT2D eigenvalue weighted by Crippen LogP contribution is -2.54. The van der Waals surface area contributed by atoms with E-state index in [2.05, 4.69) is 20.9 Å². The van der Waals surface area contributed by atoms with Crippen LogP contribution in [0.3, 0.4) is 0 Å². The molecule has 31 heavy (non-hydrogen) atoms. The third kappa shape index (κ3) is 6.82. The molecular formula is C21H29N5O5. The number of aliphatic carboxylic acids is 1. The lowest BCUT2D eigenvalue weighted by Gasteiger charge is -2.23. The van der Waals surface area contributed by atoms with Gasteiger partial charge in [0.05, 0.1) is 12.6 Å². The highest BCUT2D eigenvalue weighted by molar-refractivity contribution is 5.92. The third-order valence-corrected chi connectivity index (χ3v) is 5.10. The van der Waals surface area contributed by atoms with E-state index >= 15 is 0 Å². The van der Waals surface area contributed by atoms with Crippen molar-refractivity contribution in [2.45, 2.75) is 38.8 Å². The summed E-state index contributed by atoms with van der Waals surface area (Å²) in [6.45, 7) is 2.72. The molecule has 3 amide bonds. The van der Waals surface area contributed by atoms with Crippen LogP contribution in [-0.4, -0.2) is 59.0 Å². The van der Waals surface area contributed by atoms with E-state index in [-0.39, 0.29) is 12.5 Å². The summed E-state index contributed by atoms with van der Waals surface area (Å²) in [5.74, 6) is -3.05. The number of carboxylic acids is 1. The molecule has 10 heteroatoms. The molecule has 0 aliphatic rings. The van der Waals surface area contributed by atoms with Crippen molar-refractivity contribution in [1.82, 2.24) is 20.9 Å². The molecule has 0 aliphatic heterocycles. The minimum atomic E-state index is -1.18. The topological polar surface area (TPSA) is 166 Å². The number of nitrogens with one attached hydrogen (secondary N) is 4. The Balaban J connectivity index is 1.88. The summed E-state index contributed by atoms with van der Waals surface area (Å²) in [6, 6.07) is 5.90. The van der Waals surface area contributed by atoms with E-state index in [0.717, 1.165) is 16.5 Å². The molecule has 10 nitrogen and oxygen atoms in total. The van der Waals surface area contributed by atoms with E-state index in [0.29, 0.717) is 12.8 Å². The molecule has 0 saturated heterocycles. The van der Waals surface area contributed by atoms with Gasteiger partial charge in [-0.25, -0.2) is 0 Å². The van der Waals surface area contributed by atoms with Crippen LogP contribution < -0.4 is 21.7 Å². The fraction of sp³-hybridized carbons (Fsp3) is 0.429. The molecule has 0 bridgehead atoms. The predicted octanol–water partition coefficient (Wildman–Crippen LogP) is -0.114. The number of carboxylic acid groups (broad SMARTS) is 1. The second-order valence-electron chi connectivity index (χ2n) is 7.43. The molecule has 168 valence electrons. The first-order chi connectivity index (χ1) is 14.7. The summed E-state index contributed by atoms with van der Waals surface area (Å²) in [5, 5.41) is 17.0. The van der Waals surface area contributed by atoms with Gasteiger partial charge in [-0.05, 0) is 24.0 Å². The summed E-state index contributed by atoms with van der Waals surface area (Å²) in [4.78, 5) is 50.6. The molecule has 2 rings (SSSR count). The van der Waals surface area contributed by atoms with Crippen molar-refractivity contribution in [2.75, 3.05) is 13.1 Å². The summed E-state index contributed by atoms with van der Waals surface area (Å²) < 4.78 is 0. The summed E-state index contributed by atoms with van der Waals surface area (Å²) in [7, 11) is 0. The zero-order valence-corrected chi connectivity index (χ0v) is 17.6. The maximum absolute atomic E-state index is 12.3. The number of fused-ring (bicyclic) bond motifs is 1. The quantitative estimate of drug-likeness (QED) is 0.290. The van der Waals surface area contributed by atoms with Gasteiger partial charge in [0, 0.05) is 17.1 Å². The van der Waals surface area contributed by atoms with Gasteiger partial charge in [0.15, 0.2) is 0 Å². The van der Waals surface area contributed by atoms with Crippen molar-refractivity contribution in [3.05, 3.63) is 36.0 Å². The molecule has 7 N–H and O–H groups in total. The molecule has 0 aliphatic carbocycles. The second kappa shape index (κ2) is 11.1. The van der Waals surface area contributed by atoms with Gasteiger partial charge < -0.3 is 31.8 Å². The Bertz CT molecular complexity index is 941. The number of aromatic nitrogens is 1. The van der Waals surface area contributed by atoms with Gasteiger partial charge in [0.25, 0.3) is 0 Å². The Morgan fingerprint density at radius 1 is 1.10 bits per heavy atom. The van der Waals surface area contributed by atoms with E-state index in [1.165, 1.54) is 0 Å². The Morgan fingerprint density at radius 2 is 1.77 bits per heavy atom. The average Bonchev–Trinajstić information content (AvgIpc) is 3.16. The first-order valence-corrected chi connectivity index (χ1v) is 10.1. The number of amides is 3. The normalized spacial score (nSPS) is 13.8. The summed E-state index contributed by atoms with van der Waals surface area (Å²) in [5.41, 5.74) is 7.84. The van der Waals surface area contributed by atoms with E-state index < -0.39 is 42.3 Å². The van der Waals surface area contributed by atoms with Crippen LogP contribution in [0.5, 0.6) is 0 Å². The molecule has 3 atom stereocenters. The van der Waals surface area contributed by atoms with Crippen LogP contribution in [0.25, 0.3) is 10.9 Å². The zero-order chi connectivity index (χ0) is 23.0. The van der Waals surface area contributed by atoms with Gasteiger partial charge >= 0.3 is 5.97 Å². The lowest BCUT2D eigenvalue weighted by molar-refractivity contribution is -0.138. The summed E-state index contributed by atoms with van der Waals surface area (Å²) in [6.07, 6.45) is 2.69. The number of hydrogen-bond donors (Lipinski definition) is 6. The molecule has 3 unspecified atom stereocenters. The Labute approximate surface area is 179 Å². The van der Waals surface area contributed by atoms with Crippen molar-refractivity contribution < 1.29 is 24.3 Å². The molecule has 1 aromatic carbocycles. The fourth-order valence-corrected chi connectivity index (χ4v) is 3.13. The lowest BCUT2D eigenvalue weighted by atomic mass is 9.98. The van der Waals surface area contributed by atoms with E-state index in [1.54, 1.807) is 13.1 Å². The molecule has 1 heterocycles. The second-order valence-corrected chi connectivity index (χ2v) is 7.43. The smallest absolute Gasteiger partial charge is 0.322 e. The standard InChI is InChI=1S/C21H29N5O5/c1-3-12(2)19(21(31)25-11-18(28)29)26-17(27)10-24-20(30)15(22)8-13-9-23-16-7-5-4-6-14(13)16/h4-7,9,12,15,19,23H,3,8,10-11,22H2,1-2H3,(H,24,30)(H,25,31)(H,26,27)(H,28,29). The highest BCUT2D eigenvalue weighted by atomic mass is 16.4. The van der Waals surface area contributed by atoms with Gasteiger partial charge in [-0.15, -0.1) is 0 Å². The monoisotopic (exact) mass is 431 g/mol. The molecule has 0 fully saturated rings. The maximum atomic E-state index is 12.3. The first-order valence-electron chi connectivity index (χ1n) is 10.1. The van der Waals surface area contributed by atoms with Gasteiger partial charge in [-0.2, -0.15) is 0 Å². The number of para-hydroxylation sites is 1. The van der Waals surface area contributed by atoms with Crippen LogP contribution in [0.2, 0.25) is 0 Å². The Hall–Kier alpha value is -3.40. The van der Waals surface area contributed by atoms with Gasteiger partial charge in [0.1, 0.15) is 12.6 Å². The Kier molecular flexibility index (Phi) is 8.56. The Morgan fingerprint density at radius 3 is 2.45 bits per heavy atom. The van der Waals surface area contributed by atoms with Crippen LogP contribution in [0.1, 0.15) is 25.8 Å². The van der Waals surface area contributed by atoms with Crippen LogP contribution in [0.15, 0.2) is 30.5 Å². The summed E-state index contributed by atoms with van der Waals surface area (Å²) >= 11 is 0. The number of H-pyrrole nitrogens is 1.